The fraction of sp³-hybridized carbons (Fsp3) is 0.545. The van der Waals surface area contributed by atoms with Crippen LogP contribution in [0.2, 0.25) is 0 Å². The van der Waals surface area contributed by atoms with E-state index in [-0.39, 0.29) is 23.3 Å². The number of carbonyl (C=O) groups is 1. The van der Waals surface area contributed by atoms with Crippen molar-refractivity contribution in [3.8, 4) is 5.06 Å². The molecule has 1 aliphatic rings. The minimum atomic E-state index is -3.58. The van der Waals surface area contributed by atoms with E-state index in [2.05, 4.69) is 4.72 Å². The quantitative estimate of drug-likeness (QED) is 0.826. The summed E-state index contributed by atoms with van der Waals surface area (Å²) in [7, 11) is -2.16. The van der Waals surface area contributed by atoms with Crippen molar-refractivity contribution in [2.75, 3.05) is 7.11 Å². The van der Waals surface area contributed by atoms with E-state index in [1.54, 1.807) is 5.38 Å². The molecule has 1 aliphatic carbocycles. The van der Waals surface area contributed by atoms with Crippen molar-refractivity contribution in [2.24, 2.45) is 5.92 Å². The molecule has 0 spiro atoms. The summed E-state index contributed by atoms with van der Waals surface area (Å²) in [6.07, 6.45) is 1.23. The number of sulfonamides is 1. The molecule has 2 N–H and O–H groups in total. The van der Waals surface area contributed by atoms with Gasteiger partial charge in [-0.3, -0.25) is 4.79 Å². The van der Waals surface area contributed by atoms with E-state index in [0.717, 1.165) is 0 Å². The van der Waals surface area contributed by atoms with Crippen molar-refractivity contribution in [3.63, 3.8) is 0 Å². The van der Waals surface area contributed by atoms with Crippen molar-refractivity contribution < 1.29 is 23.1 Å². The van der Waals surface area contributed by atoms with Crippen LogP contribution in [0.3, 0.4) is 0 Å². The van der Waals surface area contributed by atoms with Crippen molar-refractivity contribution in [1.82, 2.24) is 4.72 Å². The molecule has 0 atom stereocenters. The first-order valence-corrected chi connectivity index (χ1v) is 8.14. The van der Waals surface area contributed by atoms with E-state index in [9.17, 15) is 13.2 Å². The molecule has 1 fully saturated rings. The molecule has 0 unspecified atom stereocenters. The van der Waals surface area contributed by atoms with Crippen LogP contribution in [-0.4, -0.2) is 32.6 Å². The minimum Gasteiger partial charge on any atom is -0.486 e. The normalized spacial score (nSPS) is 22.8. The van der Waals surface area contributed by atoms with Gasteiger partial charge in [0.25, 0.3) is 0 Å². The smallest absolute Gasteiger partial charge is 0.303 e. The average Bonchev–Trinajstić information content (AvgIpc) is 2.74. The number of methoxy groups -OCH3 is 1. The number of hydrogen-bond acceptors (Lipinski definition) is 5. The summed E-state index contributed by atoms with van der Waals surface area (Å²) in [4.78, 5) is 10.7. The Balaban J connectivity index is 1.95. The van der Waals surface area contributed by atoms with Gasteiger partial charge < -0.3 is 9.84 Å². The van der Waals surface area contributed by atoms with Gasteiger partial charge in [0, 0.05) is 12.5 Å². The topological polar surface area (TPSA) is 92.7 Å². The molecule has 1 heterocycles. The zero-order valence-electron chi connectivity index (χ0n) is 10.3. The number of ether oxygens (including phenoxy) is 1. The molecule has 0 aliphatic heterocycles. The van der Waals surface area contributed by atoms with Gasteiger partial charge in [-0.1, -0.05) is 0 Å². The van der Waals surface area contributed by atoms with Crippen LogP contribution in [0.5, 0.6) is 5.06 Å². The molecule has 0 radical (unpaired) electrons. The van der Waals surface area contributed by atoms with Gasteiger partial charge in [0.05, 0.1) is 7.11 Å². The fourth-order valence-electron chi connectivity index (χ4n) is 2.16. The minimum absolute atomic E-state index is 0.0644. The van der Waals surface area contributed by atoms with E-state index in [1.807, 2.05) is 0 Å². The van der Waals surface area contributed by atoms with Crippen molar-refractivity contribution in [3.05, 3.63) is 11.4 Å². The maximum atomic E-state index is 12.1. The summed E-state index contributed by atoms with van der Waals surface area (Å²) < 4.78 is 31.8. The molecular formula is C11H15NO5S2. The number of thiophene rings is 1. The van der Waals surface area contributed by atoms with Gasteiger partial charge in [0.1, 0.15) is 4.90 Å². The SMILES string of the molecule is COc1sccc1S(=O)(=O)NC1CC(CC(=O)O)C1. The standard InChI is InChI=1S/C11H15NO5S2/c1-17-11-9(2-3-18-11)19(15,16)12-8-4-7(5-8)6-10(13)14/h2-3,7-8,12H,4-6H2,1H3,(H,13,14). The summed E-state index contributed by atoms with van der Waals surface area (Å²) >= 11 is 1.22. The number of rotatable bonds is 6. The molecule has 1 saturated carbocycles. The van der Waals surface area contributed by atoms with Crippen LogP contribution in [0.1, 0.15) is 19.3 Å². The van der Waals surface area contributed by atoms with Crippen molar-refractivity contribution >= 4 is 27.3 Å². The van der Waals surface area contributed by atoms with E-state index in [4.69, 9.17) is 9.84 Å². The van der Waals surface area contributed by atoms with Gasteiger partial charge in [0.2, 0.25) is 10.0 Å². The molecular weight excluding hydrogens is 290 g/mol. The van der Waals surface area contributed by atoms with Crippen LogP contribution < -0.4 is 9.46 Å². The summed E-state index contributed by atoms with van der Waals surface area (Å²) in [5, 5.41) is 10.6. The Morgan fingerprint density at radius 2 is 2.26 bits per heavy atom. The van der Waals surface area contributed by atoms with Gasteiger partial charge in [-0.05, 0) is 30.2 Å². The second kappa shape index (κ2) is 5.48. The number of hydrogen-bond donors (Lipinski definition) is 2. The third kappa shape index (κ3) is 3.26. The highest BCUT2D eigenvalue weighted by atomic mass is 32.2. The van der Waals surface area contributed by atoms with Gasteiger partial charge >= 0.3 is 5.97 Å². The van der Waals surface area contributed by atoms with Gasteiger partial charge in [0.15, 0.2) is 5.06 Å². The first-order chi connectivity index (χ1) is 8.92. The number of nitrogens with one attached hydrogen (secondary N) is 1. The molecule has 0 saturated heterocycles. The van der Waals surface area contributed by atoms with E-state index < -0.39 is 16.0 Å². The van der Waals surface area contributed by atoms with E-state index in [1.165, 1.54) is 24.5 Å². The van der Waals surface area contributed by atoms with Crippen LogP contribution in [0.15, 0.2) is 16.3 Å². The Bertz CT molecular complexity index is 559. The Labute approximate surface area is 115 Å². The predicted octanol–water partition coefficient (Wildman–Crippen LogP) is 1.29. The Kier molecular flexibility index (Phi) is 4.12. The maximum absolute atomic E-state index is 12.1. The lowest BCUT2D eigenvalue weighted by atomic mass is 9.79. The zero-order chi connectivity index (χ0) is 14.0. The molecule has 8 heteroatoms. The van der Waals surface area contributed by atoms with Crippen molar-refractivity contribution in [2.45, 2.75) is 30.2 Å². The molecule has 2 rings (SSSR count). The van der Waals surface area contributed by atoms with E-state index in [0.29, 0.717) is 17.9 Å². The summed E-state index contributed by atoms with van der Waals surface area (Å²) in [5.74, 6) is -0.777. The summed E-state index contributed by atoms with van der Waals surface area (Å²) in [6, 6.07) is 1.32. The molecule has 106 valence electrons. The number of aliphatic carboxylic acids is 1. The van der Waals surface area contributed by atoms with Crippen LogP contribution in [0.25, 0.3) is 0 Å². The Hall–Kier alpha value is -1.12. The van der Waals surface area contributed by atoms with Gasteiger partial charge in [-0.15, -0.1) is 11.3 Å². The molecule has 1 aromatic rings. The number of carboxylic acid groups (broad SMARTS) is 1. The van der Waals surface area contributed by atoms with Gasteiger partial charge in [-0.25, -0.2) is 13.1 Å². The molecule has 19 heavy (non-hydrogen) atoms. The third-order valence-corrected chi connectivity index (χ3v) is 5.64. The molecule has 0 amide bonds. The van der Waals surface area contributed by atoms with E-state index >= 15 is 0 Å². The largest absolute Gasteiger partial charge is 0.486 e. The van der Waals surface area contributed by atoms with Gasteiger partial charge in [-0.2, -0.15) is 0 Å². The highest BCUT2D eigenvalue weighted by Gasteiger charge is 2.34. The lowest BCUT2D eigenvalue weighted by Gasteiger charge is -2.34. The van der Waals surface area contributed by atoms with Crippen LogP contribution in [0.4, 0.5) is 0 Å². The Morgan fingerprint density at radius 1 is 1.58 bits per heavy atom. The lowest BCUT2D eigenvalue weighted by Crippen LogP contribution is -2.44. The third-order valence-electron chi connectivity index (χ3n) is 3.09. The monoisotopic (exact) mass is 305 g/mol. The maximum Gasteiger partial charge on any atom is 0.303 e. The van der Waals surface area contributed by atoms with Crippen LogP contribution in [0, 0.1) is 5.92 Å². The van der Waals surface area contributed by atoms with Crippen molar-refractivity contribution in [1.29, 1.82) is 0 Å². The zero-order valence-corrected chi connectivity index (χ0v) is 12.0. The molecule has 1 aromatic heterocycles. The predicted molar refractivity (Wildman–Crippen MR) is 70.0 cm³/mol. The highest BCUT2D eigenvalue weighted by molar-refractivity contribution is 7.89. The average molecular weight is 305 g/mol. The second-order valence-electron chi connectivity index (χ2n) is 4.53. The first-order valence-electron chi connectivity index (χ1n) is 5.78. The Morgan fingerprint density at radius 3 is 2.84 bits per heavy atom. The lowest BCUT2D eigenvalue weighted by molar-refractivity contribution is -0.138. The fourth-order valence-corrected chi connectivity index (χ4v) is 4.64. The summed E-state index contributed by atoms with van der Waals surface area (Å²) in [6.45, 7) is 0. The first kappa shape index (κ1) is 14.3. The molecule has 0 aromatic carbocycles. The summed E-state index contributed by atoms with van der Waals surface area (Å²) in [5.41, 5.74) is 0. The second-order valence-corrected chi connectivity index (χ2v) is 7.09. The highest BCUT2D eigenvalue weighted by Crippen LogP contribution is 2.34. The molecule has 6 nitrogen and oxygen atoms in total. The van der Waals surface area contributed by atoms with Crippen LogP contribution >= 0.6 is 11.3 Å². The number of carboxylic acids is 1. The molecule has 0 bridgehead atoms. The van der Waals surface area contributed by atoms with Crippen LogP contribution in [-0.2, 0) is 14.8 Å².